The fourth-order valence-corrected chi connectivity index (χ4v) is 1.84. The maximum atomic E-state index is 11.9. The van der Waals surface area contributed by atoms with Crippen molar-refractivity contribution in [2.45, 2.75) is 45.4 Å². The molecule has 0 unspecified atom stereocenters. The molecule has 1 aromatic carbocycles. The van der Waals surface area contributed by atoms with Crippen molar-refractivity contribution in [3.8, 4) is 11.8 Å². The normalized spacial score (nSPS) is 9.70. The predicted octanol–water partition coefficient (Wildman–Crippen LogP) is 3.33. The summed E-state index contributed by atoms with van der Waals surface area (Å²) in [7, 11) is 0. The standard InChI is InChI=1S/C17H23NO2/c1-2-3-4-5-13-17(20)18-16-12-7-6-10-15(16)11-8-9-14-19/h6-7,10,12,19H,2-5,9,13-14H2,1H3,(H,18,20). The van der Waals surface area contributed by atoms with Crippen LogP contribution in [0.4, 0.5) is 5.69 Å². The van der Waals surface area contributed by atoms with Gasteiger partial charge in [0.1, 0.15) is 0 Å². The third-order valence-electron chi connectivity index (χ3n) is 2.92. The van der Waals surface area contributed by atoms with E-state index in [4.69, 9.17) is 5.11 Å². The first-order valence-electron chi connectivity index (χ1n) is 7.26. The largest absolute Gasteiger partial charge is 0.395 e. The molecule has 0 atom stereocenters. The smallest absolute Gasteiger partial charge is 0.224 e. The summed E-state index contributed by atoms with van der Waals surface area (Å²) < 4.78 is 0. The molecule has 0 aliphatic carbocycles. The second-order valence-electron chi connectivity index (χ2n) is 4.68. The minimum Gasteiger partial charge on any atom is -0.395 e. The number of amides is 1. The van der Waals surface area contributed by atoms with Crippen LogP contribution in [0.25, 0.3) is 0 Å². The van der Waals surface area contributed by atoms with Gasteiger partial charge in [-0.3, -0.25) is 4.79 Å². The van der Waals surface area contributed by atoms with Gasteiger partial charge < -0.3 is 10.4 Å². The molecular formula is C17H23NO2. The number of carbonyl (C=O) groups is 1. The van der Waals surface area contributed by atoms with Crippen LogP contribution in [-0.4, -0.2) is 17.6 Å². The zero-order chi connectivity index (χ0) is 14.6. The molecule has 1 aromatic rings. The lowest BCUT2D eigenvalue weighted by Crippen LogP contribution is -2.12. The summed E-state index contributed by atoms with van der Waals surface area (Å²) in [5, 5.41) is 11.6. The Morgan fingerprint density at radius 1 is 1.25 bits per heavy atom. The van der Waals surface area contributed by atoms with Gasteiger partial charge in [-0.15, -0.1) is 0 Å². The number of aliphatic hydroxyl groups excluding tert-OH is 1. The van der Waals surface area contributed by atoms with Crippen molar-refractivity contribution in [3.63, 3.8) is 0 Å². The molecule has 0 bridgehead atoms. The number of hydrogen-bond acceptors (Lipinski definition) is 2. The lowest BCUT2D eigenvalue weighted by molar-refractivity contribution is -0.116. The highest BCUT2D eigenvalue weighted by Gasteiger charge is 2.04. The Bertz CT molecular complexity index is 471. The van der Waals surface area contributed by atoms with Crippen molar-refractivity contribution < 1.29 is 9.90 Å². The van der Waals surface area contributed by atoms with Crippen LogP contribution in [0.1, 0.15) is 51.0 Å². The van der Waals surface area contributed by atoms with Crippen LogP contribution in [0.15, 0.2) is 24.3 Å². The summed E-state index contributed by atoms with van der Waals surface area (Å²) in [6.07, 6.45) is 5.37. The molecule has 0 aliphatic rings. The zero-order valence-corrected chi connectivity index (χ0v) is 12.1. The van der Waals surface area contributed by atoms with Gasteiger partial charge in [-0.25, -0.2) is 0 Å². The Balaban J connectivity index is 2.54. The van der Waals surface area contributed by atoms with E-state index < -0.39 is 0 Å². The maximum absolute atomic E-state index is 11.9. The third-order valence-corrected chi connectivity index (χ3v) is 2.92. The number of unbranched alkanes of at least 4 members (excludes halogenated alkanes) is 3. The van der Waals surface area contributed by atoms with Gasteiger partial charge in [0.2, 0.25) is 5.91 Å². The highest BCUT2D eigenvalue weighted by Crippen LogP contribution is 2.14. The number of benzene rings is 1. The number of hydrogen-bond donors (Lipinski definition) is 2. The summed E-state index contributed by atoms with van der Waals surface area (Å²) in [5.41, 5.74) is 1.54. The third kappa shape index (κ3) is 6.40. The van der Waals surface area contributed by atoms with E-state index in [2.05, 4.69) is 24.1 Å². The van der Waals surface area contributed by atoms with Crippen LogP contribution >= 0.6 is 0 Å². The first kappa shape index (κ1) is 16.3. The molecule has 20 heavy (non-hydrogen) atoms. The molecule has 0 saturated carbocycles. The summed E-state index contributed by atoms with van der Waals surface area (Å²) in [6.45, 7) is 2.21. The van der Waals surface area contributed by atoms with Gasteiger partial charge in [0.15, 0.2) is 0 Å². The Morgan fingerprint density at radius 3 is 2.80 bits per heavy atom. The molecule has 3 nitrogen and oxygen atoms in total. The first-order valence-corrected chi connectivity index (χ1v) is 7.26. The van der Waals surface area contributed by atoms with Crippen molar-refractivity contribution in [2.24, 2.45) is 0 Å². The number of para-hydroxylation sites is 1. The van der Waals surface area contributed by atoms with E-state index in [0.717, 1.165) is 24.1 Å². The Hall–Kier alpha value is -1.79. The van der Waals surface area contributed by atoms with Gasteiger partial charge in [-0.05, 0) is 18.6 Å². The summed E-state index contributed by atoms with van der Waals surface area (Å²) in [5.74, 6) is 5.88. The van der Waals surface area contributed by atoms with Crippen LogP contribution < -0.4 is 5.32 Å². The van der Waals surface area contributed by atoms with Crippen molar-refractivity contribution in [2.75, 3.05) is 11.9 Å². The second kappa shape index (κ2) is 10.1. The van der Waals surface area contributed by atoms with Crippen molar-refractivity contribution >= 4 is 11.6 Å². The van der Waals surface area contributed by atoms with Crippen LogP contribution in [0.5, 0.6) is 0 Å². The molecule has 2 N–H and O–H groups in total. The molecule has 0 aromatic heterocycles. The summed E-state index contributed by atoms with van der Waals surface area (Å²) in [6, 6.07) is 7.49. The van der Waals surface area contributed by atoms with Crippen LogP contribution in [-0.2, 0) is 4.79 Å². The number of anilines is 1. The zero-order valence-electron chi connectivity index (χ0n) is 12.1. The topological polar surface area (TPSA) is 49.3 Å². The molecule has 108 valence electrons. The maximum Gasteiger partial charge on any atom is 0.224 e. The van der Waals surface area contributed by atoms with E-state index in [9.17, 15) is 4.79 Å². The Morgan fingerprint density at radius 2 is 2.05 bits per heavy atom. The van der Waals surface area contributed by atoms with Crippen LogP contribution in [0.3, 0.4) is 0 Å². The molecular weight excluding hydrogens is 250 g/mol. The number of rotatable bonds is 7. The lowest BCUT2D eigenvalue weighted by Gasteiger charge is -2.07. The van der Waals surface area contributed by atoms with E-state index in [-0.39, 0.29) is 12.5 Å². The van der Waals surface area contributed by atoms with Gasteiger partial charge in [-0.1, -0.05) is 50.2 Å². The molecule has 1 amide bonds. The lowest BCUT2D eigenvalue weighted by atomic mass is 10.1. The van der Waals surface area contributed by atoms with Gasteiger partial charge in [0, 0.05) is 18.4 Å². The highest BCUT2D eigenvalue weighted by atomic mass is 16.2. The molecule has 3 heteroatoms. The second-order valence-corrected chi connectivity index (χ2v) is 4.68. The van der Waals surface area contributed by atoms with Gasteiger partial charge in [0.25, 0.3) is 0 Å². The Labute approximate surface area is 121 Å². The fraction of sp³-hybridized carbons (Fsp3) is 0.471. The minimum atomic E-state index is 0.0394. The molecule has 0 heterocycles. The molecule has 0 aliphatic heterocycles. The van der Waals surface area contributed by atoms with Gasteiger partial charge >= 0.3 is 0 Å². The molecule has 0 fully saturated rings. The van der Waals surface area contributed by atoms with Gasteiger partial charge in [-0.2, -0.15) is 0 Å². The van der Waals surface area contributed by atoms with E-state index in [0.29, 0.717) is 12.8 Å². The number of carbonyl (C=O) groups excluding carboxylic acids is 1. The van der Waals surface area contributed by atoms with Crippen molar-refractivity contribution in [1.29, 1.82) is 0 Å². The molecule has 0 saturated heterocycles. The first-order chi connectivity index (χ1) is 9.77. The SMILES string of the molecule is CCCCCCC(=O)Nc1ccccc1C#CCCO. The Kier molecular flexibility index (Phi) is 8.17. The monoisotopic (exact) mass is 273 g/mol. The van der Waals surface area contributed by atoms with E-state index in [1.807, 2.05) is 24.3 Å². The predicted molar refractivity (Wildman–Crippen MR) is 82.4 cm³/mol. The number of aliphatic hydroxyl groups is 1. The van der Waals surface area contributed by atoms with Crippen molar-refractivity contribution in [1.82, 2.24) is 0 Å². The van der Waals surface area contributed by atoms with Crippen LogP contribution in [0, 0.1) is 11.8 Å². The molecule has 1 rings (SSSR count). The average molecular weight is 273 g/mol. The summed E-state index contributed by atoms with van der Waals surface area (Å²) in [4.78, 5) is 11.9. The molecule has 0 radical (unpaired) electrons. The highest BCUT2D eigenvalue weighted by molar-refractivity contribution is 5.92. The van der Waals surface area contributed by atoms with E-state index in [1.165, 1.54) is 12.8 Å². The number of nitrogens with one attached hydrogen (secondary N) is 1. The van der Waals surface area contributed by atoms with E-state index >= 15 is 0 Å². The van der Waals surface area contributed by atoms with Crippen LogP contribution in [0.2, 0.25) is 0 Å². The molecule has 0 spiro atoms. The average Bonchev–Trinajstić information content (AvgIpc) is 2.46. The van der Waals surface area contributed by atoms with E-state index in [1.54, 1.807) is 0 Å². The minimum absolute atomic E-state index is 0.0394. The van der Waals surface area contributed by atoms with Gasteiger partial charge in [0.05, 0.1) is 12.3 Å². The fourth-order valence-electron chi connectivity index (χ4n) is 1.84. The van der Waals surface area contributed by atoms with Crippen molar-refractivity contribution in [3.05, 3.63) is 29.8 Å². The quantitative estimate of drug-likeness (QED) is 0.591. The summed E-state index contributed by atoms with van der Waals surface area (Å²) >= 11 is 0.